The zero-order valence-corrected chi connectivity index (χ0v) is 20.6. The van der Waals surface area contributed by atoms with Gasteiger partial charge in [0.25, 0.3) is 0 Å². The molecule has 0 unspecified atom stereocenters. The van der Waals surface area contributed by atoms with Gasteiger partial charge in [-0.3, -0.25) is 19.9 Å². The fourth-order valence-corrected chi connectivity index (χ4v) is 5.39. The molecule has 0 spiro atoms. The number of aromatic nitrogens is 6. The zero-order valence-electron chi connectivity index (χ0n) is 20.6. The van der Waals surface area contributed by atoms with Crippen LogP contribution >= 0.6 is 0 Å². The Morgan fingerprint density at radius 1 is 0.895 bits per heavy atom. The number of fused-ring (bicyclic) bond motifs is 2. The zero-order chi connectivity index (χ0) is 25.5. The van der Waals surface area contributed by atoms with Crippen molar-refractivity contribution in [1.29, 1.82) is 0 Å². The number of carbonyl (C=O) groups is 1. The van der Waals surface area contributed by atoms with Gasteiger partial charge in [0.2, 0.25) is 5.91 Å². The van der Waals surface area contributed by atoms with Gasteiger partial charge >= 0.3 is 0 Å². The Labute approximate surface area is 218 Å². The van der Waals surface area contributed by atoms with Crippen molar-refractivity contribution in [2.75, 3.05) is 5.32 Å². The number of H-pyrrole nitrogens is 2. The number of nitrogens with one attached hydrogen (secondary N) is 3. The number of hydrogen-bond acceptors (Lipinski definition) is 5. The SMILES string of the molecule is O=C(Nc1cncc(-c2ccc3[nH]nc(-c4cc5c(-c6ccncc6)cccc5[nH]4)c3n2)c1)C1CCCC1. The first-order chi connectivity index (χ1) is 18.7. The Morgan fingerprint density at radius 3 is 2.63 bits per heavy atom. The molecule has 1 saturated carbocycles. The van der Waals surface area contributed by atoms with Crippen LogP contribution in [0, 0.1) is 5.92 Å². The maximum absolute atomic E-state index is 12.6. The third-order valence-electron chi connectivity index (χ3n) is 7.35. The molecule has 3 N–H and O–H groups in total. The summed E-state index contributed by atoms with van der Waals surface area (Å²) in [6, 6.07) is 18.2. The minimum absolute atomic E-state index is 0.0759. The first-order valence-electron chi connectivity index (χ1n) is 12.9. The van der Waals surface area contributed by atoms with Gasteiger partial charge in [-0.15, -0.1) is 0 Å². The molecule has 5 heterocycles. The monoisotopic (exact) mass is 499 g/mol. The predicted octanol–water partition coefficient (Wildman–Crippen LogP) is 6.36. The molecule has 0 saturated heterocycles. The third kappa shape index (κ3) is 4.00. The lowest BCUT2D eigenvalue weighted by molar-refractivity contribution is -0.119. The molecule has 7 rings (SSSR count). The summed E-state index contributed by atoms with van der Waals surface area (Å²) >= 11 is 0. The topological polar surface area (TPSA) is 112 Å². The summed E-state index contributed by atoms with van der Waals surface area (Å²) in [5, 5.41) is 11.9. The first-order valence-corrected chi connectivity index (χ1v) is 12.9. The number of carbonyl (C=O) groups excluding carboxylic acids is 1. The van der Waals surface area contributed by atoms with Gasteiger partial charge in [-0.25, -0.2) is 4.98 Å². The second kappa shape index (κ2) is 9.23. The third-order valence-corrected chi connectivity index (χ3v) is 7.35. The molecular formula is C30H25N7O. The number of rotatable bonds is 5. The lowest BCUT2D eigenvalue weighted by Gasteiger charge is -2.11. The van der Waals surface area contributed by atoms with E-state index in [4.69, 9.17) is 4.98 Å². The van der Waals surface area contributed by atoms with Gasteiger partial charge in [0.05, 0.1) is 28.8 Å². The predicted molar refractivity (Wildman–Crippen MR) is 148 cm³/mol. The number of aromatic amines is 2. The molecule has 6 aromatic rings. The molecule has 0 radical (unpaired) electrons. The number of hydrogen-bond donors (Lipinski definition) is 3. The minimum atomic E-state index is 0.0759. The molecule has 1 aliphatic carbocycles. The summed E-state index contributed by atoms with van der Waals surface area (Å²) in [5.41, 5.74) is 8.78. The van der Waals surface area contributed by atoms with Gasteiger partial charge in [0.15, 0.2) is 0 Å². The highest BCUT2D eigenvalue weighted by molar-refractivity contribution is 6.00. The smallest absolute Gasteiger partial charge is 0.227 e. The summed E-state index contributed by atoms with van der Waals surface area (Å²) < 4.78 is 0. The van der Waals surface area contributed by atoms with Crippen LogP contribution in [0.4, 0.5) is 5.69 Å². The van der Waals surface area contributed by atoms with Crippen molar-refractivity contribution in [1.82, 2.24) is 30.1 Å². The Hall–Kier alpha value is -4.85. The molecule has 1 aliphatic rings. The number of benzene rings is 1. The summed E-state index contributed by atoms with van der Waals surface area (Å²) in [6.07, 6.45) is 11.2. The maximum atomic E-state index is 12.6. The lowest BCUT2D eigenvalue weighted by atomic mass is 10.0. The molecule has 0 atom stereocenters. The fourth-order valence-electron chi connectivity index (χ4n) is 5.39. The van der Waals surface area contributed by atoms with Crippen molar-refractivity contribution < 1.29 is 4.79 Å². The van der Waals surface area contributed by atoms with Gasteiger partial charge in [-0.05, 0) is 66.4 Å². The number of anilines is 1. The van der Waals surface area contributed by atoms with E-state index >= 15 is 0 Å². The summed E-state index contributed by atoms with van der Waals surface area (Å²) in [4.78, 5) is 29.6. The molecular weight excluding hydrogens is 474 g/mol. The minimum Gasteiger partial charge on any atom is -0.353 e. The lowest BCUT2D eigenvalue weighted by Crippen LogP contribution is -2.20. The van der Waals surface area contributed by atoms with Gasteiger partial charge < -0.3 is 10.3 Å². The van der Waals surface area contributed by atoms with Gasteiger partial charge in [0, 0.05) is 41.0 Å². The van der Waals surface area contributed by atoms with Gasteiger partial charge in [-0.1, -0.05) is 25.0 Å². The molecule has 0 bridgehead atoms. The Kier molecular flexibility index (Phi) is 5.43. The van der Waals surface area contributed by atoms with E-state index in [9.17, 15) is 4.79 Å². The van der Waals surface area contributed by atoms with Gasteiger partial charge in [-0.2, -0.15) is 5.10 Å². The quantitative estimate of drug-likeness (QED) is 0.256. The van der Waals surface area contributed by atoms with E-state index < -0.39 is 0 Å². The largest absolute Gasteiger partial charge is 0.353 e. The molecule has 186 valence electrons. The van der Waals surface area contributed by atoms with E-state index in [0.717, 1.165) is 81.4 Å². The van der Waals surface area contributed by atoms with E-state index in [1.54, 1.807) is 24.8 Å². The van der Waals surface area contributed by atoms with E-state index in [1.807, 2.05) is 36.4 Å². The summed E-state index contributed by atoms with van der Waals surface area (Å²) in [5.74, 6) is 0.170. The van der Waals surface area contributed by atoms with Crippen LogP contribution in [0.3, 0.4) is 0 Å². The van der Waals surface area contributed by atoms with Crippen LogP contribution in [-0.2, 0) is 4.79 Å². The molecule has 5 aromatic heterocycles. The molecule has 8 heteroatoms. The number of nitrogens with zero attached hydrogens (tertiary/aromatic N) is 4. The van der Waals surface area contributed by atoms with Crippen molar-refractivity contribution in [2.45, 2.75) is 25.7 Å². The van der Waals surface area contributed by atoms with Gasteiger partial charge in [0.1, 0.15) is 11.2 Å². The van der Waals surface area contributed by atoms with Crippen LogP contribution < -0.4 is 5.32 Å². The average molecular weight is 500 g/mol. The highest BCUT2D eigenvalue weighted by Crippen LogP contribution is 2.34. The Morgan fingerprint density at radius 2 is 1.76 bits per heavy atom. The van der Waals surface area contributed by atoms with E-state index in [-0.39, 0.29) is 11.8 Å². The first kappa shape index (κ1) is 22.4. The standard InChI is InChI=1S/C30H25N7O/c38-30(19-4-1-2-5-19)33-21-14-20(16-32-17-21)24-8-9-26-28(35-24)29(37-36-26)27-15-23-22(6-3-7-25(23)34-27)18-10-12-31-13-11-18/h3,6-17,19,34H,1-2,4-5H2,(H,33,38)(H,36,37). The van der Waals surface area contributed by atoms with Crippen LogP contribution in [0.5, 0.6) is 0 Å². The molecule has 1 aromatic carbocycles. The molecule has 1 fully saturated rings. The van der Waals surface area contributed by atoms with E-state index in [1.165, 1.54) is 0 Å². The highest BCUT2D eigenvalue weighted by atomic mass is 16.1. The molecule has 38 heavy (non-hydrogen) atoms. The van der Waals surface area contributed by atoms with Crippen LogP contribution in [0.15, 0.2) is 79.4 Å². The van der Waals surface area contributed by atoms with Crippen molar-refractivity contribution in [2.24, 2.45) is 5.92 Å². The Balaban J connectivity index is 1.25. The normalized spacial score (nSPS) is 13.9. The maximum Gasteiger partial charge on any atom is 0.227 e. The van der Waals surface area contributed by atoms with Crippen LogP contribution in [-0.4, -0.2) is 36.0 Å². The van der Waals surface area contributed by atoms with Crippen LogP contribution in [0.1, 0.15) is 25.7 Å². The van der Waals surface area contributed by atoms with Crippen molar-refractivity contribution in [3.05, 3.63) is 79.4 Å². The Bertz CT molecular complexity index is 1780. The van der Waals surface area contributed by atoms with Crippen molar-refractivity contribution in [3.63, 3.8) is 0 Å². The second-order valence-electron chi connectivity index (χ2n) is 9.78. The highest BCUT2D eigenvalue weighted by Gasteiger charge is 2.23. The second-order valence-corrected chi connectivity index (χ2v) is 9.78. The molecule has 0 aliphatic heterocycles. The van der Waals surface area contributed by atoms with Crippen molar-refractivity contribution in [3.8, 4) is 33.8 Å². The molecule has 1 amide bonds. The van der Waals surface area contributed by atoms with E-state index in [0.29, 0.717) is 5.69 Å². The van der Waals surface area contributed by atoms with Crippen LogP contribution in [0.25, 0.3) is 55.7 Å². The van der Waals surface area contributed by atoms with E-state index in [2.05, 4.69) is 48.7 Å². The van der Waals surface area contributed by atoms with Crippen LogP contribution in [0.2, 0.25) is 0 Å². The molecule has 8 nitrogen and oxygen atoms in total. The summed E-state index contributed by atoms with van der Waals surface area (Å²) in [7, 11) is 0. The average Bonchev–Trinajstić information content (AvgIpc) is 3.73. The number of pyridine rings is 3. The summed E-state index contributed by atoms with van der Waals surface area (Å²) in [6.45, 7) is 0. The van der Waals surface area contributed by atoms with Crippen molar-refractivity contribution >= 4 is 33.5 Å². The number of amides is 1. The fraction of sp³-hybridized carbons (Fsp3) is 0.167.